The molecule has 0 bridgehead atoms. The van der Waals surface area contributed by atoms with Crippen LogP contribution in [0.15, 0.2) is 24.3 Å². The summed E-state index contributed by atoms with van der Waals surface area (Å²) in [4.78, 5) is 11.8. The molecule has 0 spiro atoms. The number of benzene rings is 2. The van der Waals surface area contributed by atoms with Crippen molar-refractivity contribution >= 4 is 23.4 Å². The highest BCUT2D eigenvalue weighted by molar-refractivity contribution is 6.31. The van der Waals surface area contributed by atoms with E-state index < -0.39 is 29.0 Å². The van der Waals surface area contributed by atoms with Gasteiger partial charge >= 0.3 is 6.09 Å². The summed E-state index contributed by atoms with van der Waals surface area (Å²) in [6.45, 7) is 8.81. The van der Waals surface area contributed by atoms with Gasteiger partial charge in [0.05, 0.1) is 5.69 Å². The highest BCUT2D eigenvalue weighted by Gasteiger charge is 2.22. The van der Waals surface area contributed by atoms with E-state index in [0.29, 0.717) is 11.1 Å². The Balaban J connectivity index is 2.32. The van der Waals surface area contributed by atoms with E-state index >= 15 is 0 Å². The van der Waals surface area contributed by atoms with Gasteiger partial charge in [-0.15, -0.1) is 0 Å². The van der Waals surface area contributed by atoms with Gasteiger partial charge in [0, 0.05) is 17.0 Å². The standard InChI is InChI=1S/C21H24ClF2NO3/c1-11(2)13-8-12(6-7-17(13)26)9-14-15(22)10-16(19(24)18(14)23)25-20(27)28-21(3,4)5/h6-8,10-11,26H,9H2,1-5H3,(H,25,27). The smallest absolute Gasteiger partial charge is 0.412 e. The van der Waals surface area contributed by atoms with E-state index in [0.717, 1.165) is 6.07 Å². The Morgan fingerprint density at radius 2 is 1.86 bits per heavy atom. The molecule has 0 atom stereocenters. The van der Waals surface area contributed by atoms with E-state index in [-0.39, 0.29) is 28.7 Å². The quantitative estimate of drug-likeness (QED) is 0.573. The van der Waals surface area contributed by atoms with Crippen molar-refractivity contribution in [1.29, 1.82) is 0 Å². The second-order valence-electron chi connectivity index (χ2n) is 7.86. The van der Waals surface area contributed by atoms with Crippen LogP contribution in [0.3, 0.4) is 0 Å². The van der Waals surface area contributed by atoms with E-state index in [2.05, 4.69) is 5.32 Å². The molecule has 2 rings (SSSR count). The summed E-state index contributed by atoms with van der Waals surface area (Å²) in [5.41, 5.74) is 0.172. The number of halogens is 3. The molecule has 2 N–H and O–H groups in total. The number of anilines is 1. The SMILES string of the molecule is CC(C)c1cc(Cc2c(Cl)cc(NC(=O)OC(C)(C)C)c(F)c2F)ccc1O. The molecular formula is C21H24ClF2NO3. The lowest BCUT2D eigenvalue weighted by Crippen LogP contribution is -2.27. The average molecular weight is 412 g/mol. The number of amides is 1. The number of rotatable bonds is 4. The van der Waals surface area contributed by atoms with E-state index in [1.165, 1.54) is 6.07 Å². The molecule has 2 aromatic carbocycles. The Morgan fingerprint density at radius 1 is 1.21 bits per heavy atom. The van der Waals surface area contributed by atoms with Crippen LogP contribution in [0.2, 0.25) is 5.02 Å². The Morgan fingerprint density at radius 3 is 2.43 bits per heavy atom. The molecule has 0 unspecified atom stereocenters. The number of hydrogen-bond acceptors (Lipinski definition) is 3. The van der Waals surface area contributed by atoms with E-state index in [1.807, 2.05) is 13.8 Å². The second kappa shape index (κ2) is 8.35. The molecule has 28 heavy (non-hydrogen) atoms. The van der Waals surface area contributed by atoms with Crippen LogP contribution in [0.4, 0.5) is 19.3 Å². The van der Waals surface area contributed by atoms with Crippen molar-refractivity contribution in [2.45, 2.75) is 52.6 Å². The number of aromatic hydroxyl groups is 1. The van der Waals surface area contributed by atoms with Crippen LogP contribution in [0.1, 0.15) is 57.2 Å². The van der Waals surface area contributed by atoms with Gasteiger partial charge in [0.1, 0.15) is 11.4 Å². The summed E-state index contributed by atoms with van der Waals surface area (Å²) in [5, 5.41) is 12.1. The molecule has 0 saturated heterocycles. The Hall–Kier alpha value is -2.34. The zero-order valence-corrected chi connectivity index (χ0v) is 17.2. The Kier molecular flexibility index (Phi) is 6.55. The van der Waals surface area contributed by atoms with Crippen molar-refractivity contribution in [3.63, 3.8) is 0 Å². The monoisotopic (exact) mass is 411 g/mol. The van der Waals surface area contributed by atoms with E-state index in [4.69, 9.17) is 16.3 Å². The van der Waals surface area contributed by atoms with Gasteiger partial charge in [-0.1, -0.05) is 37.6 Å². The predicted molar refractivity (Wildman–Crippen MR) is 106 cm³/mol. The molecule has 2 aromatic rings. The van der Waals surface area contributed by atoms with Crippen molar-refractivity contribution in [2.75, 3.05) is 5.32 Å². The molecule has 0 aliphatic carbocycles. The first-order valence-electron chi connectivity index (χ1n) is 8.87. The van der Waals surface area contributed by atoms with Crippen LogP contribution in [0.5, 0.6) is 5.75 Å². The van der Waals surface area contributed by atoms with Gasteiger partial charge in [-0.3, -0.25) is 5.32 Å². The minimum Gasteiger partial charge on any atom is -0.508 e. The molecule has 0 saturated carbocycles. The maximum absolute atomic E-state index is 14.6. The van der Waals surface area contributed by atoms with Crippen LogP contribution in [0, 0.1) is 11.6 Å². The zero-order valence-electron chi connectivity index (χ0n) is 16.5. The predicted octanol–water partition coefficient (Wildman–Crippen LogP) is 6.39. The van der Waals surface area contributed by atoms with Gasteiger partial charge in [-0.05, 0) is 49.9 Å². The van der Waals surface area contributed by atoms with Crippen LogP contribution >= 0.6 is 11.6 Å². The van der Waals surface area contributed by atoms with Crippen LogP contribution in [0.25, 0.3) is 0 Å². The number of phenolic OH excluding ortho intramolecular Hbond substituents is 1. The fourth-order valence-corrected chi connectivity index (χ4v) is 2.94. The van der Waals surface area contributed by atoms with Crippen molar-refractivity contribution in [2.24, 2.45) is 0 Å². The maximum Gasteiger partial charge on any atom is 0.412 e. The Bertz CT molecular complexity index is 892. The number of carbonyl (C=O) groups excluding carboxylic acids is 1. The summed E-state index contributed by atoms with van der Waals surface area (Å²) in [7, 11) is 0. The van der Waals surface area contributed by atoms with E-state index in [1.54, 1.807) is 32.9 Å². The van der Waals surface area contributed by atoms with Gasteiger partial charge < -0.3 is 9.84 Å². The highest BCUT2D eigenvalue weighted by Crippen LogP contribution is 2.32. The highest BCUT2D eigenvalue weighted by atomic mass is 35.5. The molecule has 152 valence electrons. The molecule has 0 radical (unpaired) electrons. The summed E-state index contributed by atoms with van der Waals surface area (Å²) in [6, 6.07) is 6.04. The summed E-state index contributed by atoms with van der Waals surface area (Å²) in [6.07, 6.45) is -0.872. The number of carbonyl (C=O) groups is 1. The van der Waals surface area contributed by atoms with Crippen LogP contribution in [-0.2, 0) is 11.2 Å². The number of ether oxygens (including phenoxy) is 1. The van der Waals surface area contributed by atoms with Gasteiger partial charge in [0.15, 0.2) is 11.6 Å². The molecule has 0 heterocycles. The third-order valence-electron chi connectivity index (χ3n) is 3.98. The van der Waals surface area contributed by atoms with Gasteiger partial charge in [-0.2, -0.15) is 0 Å². The van der Waals surface area contributed by atoms with Crippen molar-refractivity contribution < 1.29 is 23.4 Å². The third kappa shape index (κ3) is 5.35. The average Bonchev–Trinajstić information content (AvgIpc) is 2.55. The molecule has 0 aliphatic heterocycles. The molecular weight excluding hydrogens is 388 g/mol. The molecule has 0 fully saturated rings. The molecule has 4 nitrogen and oxygen atoms in total. The lowest BCUT2D eigenvalue weighted by molar-refractivity contribution is 0.0635. The van der Waals surface area contributed by atoms with E-state index in [9.17, 15) is 18.7 Å². The van der Waals surface area contributed by atoms with Gasteiger partial charge in [0.25, 0.3) is 0 Å². The first-order chi connectivity index (χ1) is 12.9. The second-order valence-corrected chi connectivity index (χ2v) is 8.27. The number of nitrogens with one attached hydrogen (secondary N) is 1. The summed E-state index contributed by atoms with van der Waals surface area (Å²) >= 11 is 6.16. The lowest BCUT2D eigenvalue weighted by atomic mass is 9.96. The minimum absolute atomic E-state index is 0.0240. The molecule has 7 heteroatoms. The minimum atomic E-state index is -1.21. The van der Waals surface area contributed by atoms with Gasteiger partial charge in [0.2, 0.25) is 0 Å². The van der Waals surface area contributed by atoms with Crippen LogP contribution in [-0.4, -0.2) is 16.8 Å². The topological polar surface area (TPSA) is 58.6 Å². The van der Waals surface area contributed by atoms with Crippen molar-refractivity contribution in [3.05, 3.63) is 57.6 Å². The first-order valence-corrected chi connectivity index (χ1v) is 9.25. The normalized spacial score (nSPS) is 11.6. The number of hydrogen-bond donors (Lipinski definition) is 2. The fourth-order valence-electron chi connectivity index (χ4n) is 2.68. The number of phenols is 1. The first kappa shape index (κ1) is 22.0. The molecule has 0 aromatic heterocycles. The summed E-state index contributed by atoms with van der Waals surface area (Å²) in [5.74, 6) is -2.14. The van der Waals surface area contributed by atoms with Gasteiger partial charge in [-0.25, -0.2) is 13.6 Å². The van der Waals surface area contributed by atoms with Crippen LogP contribution < -0.4 is 5.32 Å². The zero-order chi connectivity index (χ0) is 21.2. The maximum atomic E-state index is 14.6. The largest absolute Gasteiger partial charge is 0.508 e. The Labute approximate surface area is 168 Å². The molecule has 0 aliphatic rings. The molecule has 1 amide bonds. The van der Waals surface area contributed by atoms with Crippen molar-refractivity contribution in [3.8, 4) is 5.75 Å². The lowest BCUT2D eigenvalue weighted by Gasteiger charge is -2.20. The van der Waals surface area contributed by atoms with Crippen molar-refractivity contribution in [1.82, 2.24) is 0 Å². The third-order valence-corrected chi connectivity index (χ3v) is 4.32. The summed E-state index contributed by atoms with van der Waals surface area (Å²) < 4.78 is 34.1. The fraction of sp³-hybridized carbons (Fsp3) is 0.381.